The zero-order valence-electron chi connectivity index (χ0n) is 35.7. The summed E-state index contributed by atoms with van der Waals surface area (Å²) in [6.07, 6.45) is 9.70. The first-order valence-corrected chi connectivity index (χ1v) is 21.8. The highest BCUT2D eigenvalue weighted by atomic mass is 16.6. The second kappa shape index (κ2) is 24.3. The van der Waals surface area contributed by atoms with E-state index in [0.717, 1.165) is 56.9 Å². The number of rotatable bonds is 25. The van der Waals surface area contributed by atoms with Gasteiger partial charge in [-0.25, -0.2) is 0 Å². The number of carbonyl (C=O) groups is 3. The Morgan fingerprint density at radius 3 is 2.23 bits per heavy atom. The highest BCUT2D eigenvalue weighted by molar-refractivity contribution is 6.06. The maximum absolute atomic E-state index is 13.7. The van der Waals surface area contributed by atoms with Gasteiger partial charge in [0.2, 0.25) is 0 Å². The topological polar surface area (TPSA) is 144 Å². The van der Waals surface area contributed by atoms with Crippen molar-refractivity contribution in [2.75, 3.05) is 64.8 Å². The molecule has 2 aliphatic rings. The Balaban J connectivity index is 0.939. The van der Waals surface area contributed by atoms with Crippen molar-refractivity contribution in [2.24, 2.45) is 5.92 Å². The summed E-state index contributed by atoms with van der Waals surface area (Å²) in [5, 5.41) is 6.37. The molecule has 0 spiro atoms. The van der Waals surface area contributed by atoms with E-state index in [1.54, 1.807) is 24.4 Å². The maximum Gasteiger partial charge on any atom is 0.308 e. The van der Waals surface area contributed by atoms with E-state index in [1.165, 1.54) is 11.1 Å². The second-order valence-electron chi connectivity index (χ2n) is 16.0. The van der Waals surface area contributed by atoms with Gasteiger partial charge in [0.15, 0.2) is 0 Å². The predicted molar refractivity (Wildman–Crippen MR) is 234 cm³/mol. The molecule has 12 nitrogen and oxygen atoms in total. The molecule has 326 valence electrons. The number of hydrogen-bond acceptors (Lipinski definition) is 10. The molecule has 1 fully saturated rings. The van der Waals surface area contributed by atoms with Crippen LogP contribution in [0.15, 0.2) is 85.1 Å². The van der Waals surface area contributed by atoms with E-state index >= 15 is 0 Å². The zero-order valence-corrected chi connectivity index (χ0v) is 35.7. The minimum Gasteiger partial charge on any atom is -0.490 e. The molecule has 2 aliphatic carbocycles. The van der Waals surface area contributed by atoms with E-state index in [9.17, 15) is 14.4 Å². The van der Waals surface area contributed by atoms with Crippen LogP contribution in [-0.2, 0) is 41.3 Å². The largest absolute Gasteiger partial charge is 0.490 e. The summed E-state index contributed by atoms with van der Waals surface area (Å²) in [5.41, 5.74) is 6.34. The molecule has 2 N–H and O–H groups in total. The molecule has 61 heavy (non-hydrogen) atoms. The van der Waals surface area contributed by atoms with Crippen molar-refractivity contribution >= 4 is 23.5 Å². The molecule has 1 saturated carbocycles. The van der Waals surface area contributed by atoms with Crippen molar-refractivity contribution in [1.82, 2.24) is 10.3 Å². The number of esters is 1. The van der Waals surface area contributed by atoms with E-state index in [1.807, 2.05) is 62.4 Å². The van der Waals surface area contributed by atoms with E-state index < -0.39 is 0 Å². The Hall–Kier alpha value is -5.14. The average molecular weight is 836 g/mol. The van der Waals surface area contributed by atoms with Crippen molar-refractivity contribution < 1.29 is 42.8 Å². The Bertz CT molecular complexity index is 2020. The molecule has 3 aromatic carbocycles. The van der Waals surface area contributed by atoms with Gasteiger partial charge in [0.25, 0.3) is 11.8 Å². The minimum atomic E-state index is -0.246. The molecule has 1 aromatic heterocycles. The van der Waals surface area contributed by atoms with Crippen molar-refractivity contribution in [1.29, 1.82) is 0 Å². The highest BCUT2D eigenvalue weighted by Gasteiger charge is 2.24. The molecular weight excluding hydrogens is 775 g/mol. The number of carbonyl (C=O) groups excluding carboxylic acids is 3. The van der Waals surface area contributed by atoms with Crippen LogP contribution in [0.5, 0.6) is 5.75 Å². The van der Waals surface area contributed by atoms with Crippen molar-refractivity contribution in [2.45, 2.75) is 83.8 Å². The molecule has 1 unspecified atom stereocenters. The molecule has 12 heteroatoms. The number of hydrogen-bond donors (Lipinski definition) is 2. The fourth-order valence-electron chi connectivity index (χ4n) is 7.15. The zero-order chi connectivity index (χ0) is 42.7. The second-order valence-corrected chi connectivity index (χ2v) is 16.0. The summed E-state index contributed by atoms with van der Waals surface area (Å²) in [5.74, 6) is 0.364. The monoisotopic (exact) mass is 835 g/mol. The molecule has 1 heterocycles. The number of amides is 2. The Kier molecular flexibility index (Phi) is 18.1. The summed E-state index contributed by atoms with van der Waals surface area (Å²) >= 11 is 0. The first-order chi connectivity index (χ1) is 29.8. The number of benzene rings is 3. The molecule has 0 saturated heterocycles. The summed E-state index contributed by atoms with van der Waals surface area (Å²) in [7, 11) is 0. The first-order valence-electron chi connectivity index (χ1n) is 21.8. The molecule has 4 aromatic rings. The number of nitrogens with one attached hydrogen (secondary N) is 2. The number of anilines is 1. The van der Waals surface area contributed by atoms with Gasteiger partial charge in [-0.15, -0.1) is 0 Å². The van der Waals surface area contributed by atoms with Crippen LogP contribution in [0.25, 0.3) is 11.3 Å². The average Bonchev–Trinajstić information content (AvgIpc) is 3.26. The molecule has 1 atom stereocenters. The van der Waals surface area contributed by atoms with Crippen LogP contribution in [0.3, 0.4) is 0 Å². The Labute approximate surface area is 360 Å². The fraction of sp³-hybridized carbons (Fsp3) is 0.469. The first kappa shape index (κ1) is 45.4. The van der Waals surface area contributed by atoms with Gasteiger partial charge < -0.3 is 39.1 Å². The van der Waals surface area contributed by atoms with Gasteiger partial charge in [0.05, 0.1) is 82.8 Å². The SMILES string of the molecule is CC(C)COC(=O)CCOCCOCCOCCOCCCc1cccc(C(=O)Nc2ccc(OC3CCC3)cc2-c2cc(C(=O)NC3CCCc4ccccc43)ccn2)c1. The van der Waals surface area contributed by atoms with Gasteiger partial charge in [-0.05, 0) is 116 Å². The number of fused-ring (bicyclic) bond motifs is 1. The lowest BCUT2D eigenvalue weighted by Gasteiger charge is -2.27. The highest BCUT2D eigenvalue weighted by Crippen LogP contribution is 2.35. The molecule has 0 bridgehead atoms. The summed E-state index contributed by atoms with van der Waals surface area (Å²) in [4.78, 5) is 43.6. The lowest BCUT2D eigenvalue weighted by molar-refractivity contribution is -0.146. The summed E-state index contributed by atoms with van der Waals surface area (Å²) in [6.45, 7) is 7.98. The van der Waals surface area contributed by atoms with E-state index in [0.29, 0.717) is 99.2 Å². The van der Waals surface area contributed by atoms with Crippen molar-refractivity contribution in [3.63, 3.8) is 0 Å². The van der Waals surface area contributed by atoms with Crippen molar-refractivity contribution in [3.8, 4) is 17.0 Å². The smallest absolute Gasteiger partial charge is 0.308 e. The van der Waals surface area contributed by atoms with Gasteiger partial charge in [0, 0.05) is 29.5 Å². The van der Waals surface area contributed by atoms with Gasteiger partial charge in [-0.3, -0.25) is 19.4 Å². The number of nitrogens with zero attached hydrogens (tertiary/aromatic N) is 1. The van der Waals surface area contributed by atoms with Crippen LogP contribution in [0, 0.1) is 5.92 Å². The standard InChI is InChI=1S/C49H61N3O9/c1-35(2)34-60-47(53)21-24-57-26-28-59-30-29-58-27-25-56-23-8-10-36-9-5-13-38(31-36)48(54)52-45-19-18-41(61-40-14-7-15-40)33-43(45)46-32-39(20-22-50-46)49(55)51-44-17-6-12-37-11-3-4-16-42(37)44/h3-5,9,11,13,16,18-20,22,31-33,35,40,44H,6-8,10,12,14-15,17,21,23-30,34H2,1-2H3,(H,51,55)(H,52,54). The van der Waals surface area contributed by atoms with E-state index in [2.05, 4.69) is 27.8 Å². The van der Waals surface area contributed by atoms with Gasteiger partial charge >= 0.3 is 5.97 Å². The number of aryl methyl sites for hydroxylation is 2. The Morgan fingerprint density at radius 2 is 1.48 bits per heavy atom. The van der Waals surface area contributed by atoms with Crippen LogP contribution in [0.1, 0.15) is 102 Å². The third-order valence-electron chi connectivity index (χ3n) is 10.7. The van der Waals surface area contributed by atoms with Crippen molar-refractivity contribution in [3.05, 3.63) is 113 Å². The quantitative estimate of drug-likeness (QED) is 0.0494. The molecular formula is C49H61N3O9. The van der Waals surface area contributed by atoms with Crippen LogP contribution in [0.4, 0.5) is 5.69 Å². The number of pyridine rings is 1. The van der Waals surface area contributed by atoms with E-state index in [-0.39, 0.29) is 36.4 Å². The predicted octanol–water partition coefficient (Wildman–Crippen LogP) is 8.33. The van der Waals surface area contributed by atoms with Gasteiger partial charge in [-0.2, -0.15) is 0 Å². The number of ether oxygens (including phenoxy) is 6. The summed E-state index contributed by atoms with van der Waals surface area (Å²) < 4.78 is 33.6. The third-order valence-corrected chi connectivity index (χ3v) is 10.7. The van der Waals surface area contributed by atoms with Crippen LogP contribution in [-0.4, -0.2) is 88.3 Å². The van der Waals surface area contributed by atoms with Gasteiger partial charge in [0.1, 0.15) is 5.75 Å². The normalized spacial score (nSPS) is 14.8. The lowest BCUT2D eigenvalue weighted by Crippen LogP contribution is -2.31. The molecule has 0 radical (unpaired) electrons. The minimum absolute atomic E-state index is 0.0485. The third kappa shape index (κ3) is 14.8. The van der Waals surface area contributed by atoms with Crippen LogP contribution in [0.2, 0.25) is 0 Å². The van der Waals surface area contributed by atoms with Crippen LogP contribution < -0.4 is 15.4 Å². The Morgan fingerprint density at radius 1 is 0.738 bits per heavy atom. The molecule has 2 amide bonds. The summed E-state index contributed by atoms with van der Waals surface area (Å²) in [6, 6.07) is 25.0. The molecule has 6 rings (SSSR count). The maximum atomic E-state index is 13.7. The van der Waals surface area contributed by atoms with Crippen LogP contribution >= 0.6 is 0 Å². The number of aromatic nitrogens is 1. The van der Waals surface area contributed by atoms with Gasteiger partial charge in [-0.1, -0.05) is 50.2 Å². The molecule has 0 aliphatic heterocycles. The lowest BCUT2D eigenvalue weighted by atomic mass is 9.87. The fourth-order valence-corrected chi connectivity index (χ4v) is 7.15. The van der Waals surface area contributed by atoms with E-state index in [4.69, 9.17) is 28.4 Å².